The summed E-state index contributed by atoms with van der Waals surface area (Å²) in [5, 5.41) is 8.93. The smallest absolute Gasteiger partial charge is 0.299 e. The van der Waals surface area contributed by atoms with E-state index in [1.165, 1.54) is 4.68 Å². The molecule has 0 aliphatic rings. The van der Waals surface area contributed by atoms with Gasteiger partial charge in [-0.15, -0.1) is 5.10 Å². The number of carbonyl (C=O) groups excluding carboxylic acids is 1. The van der Waals surface area contributed by atoms with Gasteiger partial charge in [-0.3, -0.25) is 9.48 Å². The molecule has 0 atom stereocenters. The second kappa shape index (κ2) is 5.27. The van der Waals surface area contributed by atoms with Crippen LogP contribution in [0.2, 0.25) is 5.02 Å². The molecule has 0 fully saturated rings. The van der Waals surface area contributed by atoms with Gasteiger partial charge in [-0.05, 0) is 37.3 Å². The summed E-state index contributed by atoms with van der Waals surface area (Å²) < 4.78 is 2.56. The van der Waals surface area contributed by atoms with E-state index in [0.717, 1.165) is 15.9 Å². The van der Waals surface area contributed by atoms with Crippen molar-refractivity contribution in [2.75, 3.05) is 5.73 Å². The lowest BCUT2D eigenvalue weighted by atomic mass is 10.2. The lowest BCUT2D eigenvalue weighted by Gasteiger charge is -2.01. The van der Waals surface area contributed by atoms with E-state index in [-0.39, 0.29) is 11.9 Å². The van der Waals surface area contributed by atoms with Crippen LogP contribution in [0.3, 0.4) is 0 Å². The number of anilines is 1. The predicted molar refractivity (Wildman–Crippen MR) is 82.6 cm³/mol. The van der Waals surface area contributed by atoms with Gasteiger partial charge in [0.2, 0.25) is 5.95 Å². The summed E-state index contributed by atoms with van der Waals surface area (Å²) >= 11 is 5.85. The number of aromatic nitrogens is 5. The van der Waals surface area contributed by atoms with E-state index >= 15 is 0 Å². The monoisotopic (exact) mass is 316 g/mol. The molecule has 0 spiro atoms. The molecule has 0 unspecified atom stereocenters. The maximum atomic E-state index is 12.5. The van der Waals surface area contributed by atoms with Gasteiger partial charge in [-0.25, -0.2) is 0 Å². The Morgan fingerprint density at radius 1 is 1.23 bits per heavy atom. The van der Waals surface area contributed by atoms with Gasteiger partial charge in [0.15, 0.2) is 5.82 Å². The number of halogens is 1. The molecule has 0 saturated carbocycles. The summed E-state index contributed by atoms with van der Waals surface area (Å²) in [6.07, 6.45) is 0. The highest BCUT2D eigenvalue weighted by molar-refractivity contribution is 6.30. The van der Waals surface area contributed by atoms with Gasteiger partial charge in [0.25, 0.3) is 5.91 Å². The van der Waals surface area contributed by atoms with Crippen LogP contribution in [0.15, 0.2) is 30.3 Å². The molecule has 0 aliphatic carbocycles. The molecular formula is C14H13ClN6O. The van der Waals surface area contributed by atoms with E-state index in [9.17, 15) is 4.79 Å². The van der Waals surface area contributed by atoms with E-state index < -0.39 is 0 Å². The Hall–Kier alpha value is -2.67. The number of rotatable bonds is 2. The van der Waals surface area contributed by atoms with Crippen molar-refractivity contribution >= 4 is 23.5 Å². The first-order valence-corrected chi connectivity index (χ1v) is 6.87. The molecule has 3 rings (SSSR count). The molecule has 0 aliphatic heterocycles. The number of nitrogen functional groups attached to an aromatic ring is 1. The predicted octanol–water partition coefficient (Wildman–Crippen LogP) is 1.91. The van der Waals surface area contributed by atoms with E-state index in [1.807, 2.05) is 0 Å². The third-order valence-corrected chi connectivity index (χ3v) is 3.40. The lowest BCUT2D eigenvalue weighted by molar-refractivity contribution is 0.0938. The van der Waals surface area contributed by atoms with Crippen molar-refractivity contribution in [2.24, 2.45) is 7.05 Å². The zero-order valence-corrected chi connectivity index (χ0v) is 12.7. The molecule has 22 heavy (non-hydrogen) atoms. The molecule has 3 aromatic rings. The molecule has 0 bridgehead atoms. The number of benzene rings is 1. The minimum atomic E-state index is -0.381. The van der Waals surface area contributed by atoms with Crippen LogP contribution < -0.4 is 5.73 Å². The summed E-state index contributed by atoms with van der Waals surface area (Å²) in [6.45, 7) is 1.81. The highest BCUT2D eigenvalue weighted by atomic mass is 35.5. The highest BCUT2D eigenvalue weighted by Crippen LogP contribution is 2.20. The molecule has 2 aromatic heterocycles. The van der Waals surface area contributed by atoms with E-state index in [0.29, 0.717) is 16.5 Å². The quantitative estimate of drug-likeness (QED) is 0.779. The third kappa shape index (κ3) is 2.46. The first kappa shape index (κ1) is 14.3. The average molecular weight is 317 g/mol. The van der Waals surface area contributed by atoms with Crippen molar-refractivity contribution in [1.82, 2.24) is 24.5 Å². The Morgan fingerprint density at radius 2 is 1.91 bits per heavy atom. The van der Waals surface area contributed by atoms with Crippen LogP contribution in [-0.2, 0) is 7.05 Å². The number of nitrogens with two attached hydrogens (primary N) is 1. The Morgan fingerprint density at radius 3 is 2.50 bits per heavy atom. The van der Waals surface area contributed by atoms with Crippen LogP contribution in [0.25, 0.3) is 11.4 Å². The number of nitrogens with zero attached hydrogens (tertiary/aromatic N) is 5. The zero-order chi connectivity index (χ0) is 15.9. The Labute approximate surface area is 131 Å². The molecule has 0 saturated heterocycles. The van der Waals surface area contributed by atoms with Crippen molar-refractivity contribution in [1.29, 1.82) is 0 Å². The van der Waals surface area contributed by atoms with E-state index in [4.69, 9.17) is 17.3 Å². The minimum absolute atomic E-state index is 0.0220. The first-order valence-electron chi connectivity index (χ1n) is 6.49. The van der Waals surface area contributed by atoms with E-state index in [2.05, 4.69) is 15.2 Å². The van der Waals surface area contributed by atoms with Crippen LogP contribution in [0.5, 0.6) is 0 Å². The fourth-order valence-electron chi connectivity index (χ4n) is 2.11. The Bertz CT molecular complexity index is 849. The lowest BCUT2D eigenvalue weighted by Crippen LogP contribution is -2.19. The van der Waals surface area contributed by atoms with Gasteiger partial charge >= 0.3 is 0 Å². The standard InChI is InChI=1S/C14H13ClN6O/c1-8-7-11(20(2)18-8)13(22)21-14(16)17-12(19-21)9-3-5-10(15)6-4-9/h3-7H,1-2H3,(H2,16,17,19). The van der Waals surface area contributed by atoms with Gasteiger partial charge in [0, 0.05) is 17.6 Å². The van der Waals surface area contributed by atoms with Gasteiger partial charge in [-0.2, -0.15) is 14.8 Å². The molecule has 2 heterocycles. The number of hydrogen-bond donors (Lipinski definition) is 1. The van der Waals surface area contributed by atoms with Crippen LogP contribution in [-0.4, -0.2) is 30.5 Å². The minimum Gasteiger partial charge on any atom is -0.368 e. The highest BCUT2D eigenvalue weighted by Gasteiger charge is 2.20. The average Bonchev–Trinajstić information content (AvgIpc) is 3.01. The van der Waals surface area contributed by atoms with Crippen molar-refractivity contribution in [3.63, 3.8) is 0 Å². The summed E-state index contributed by atoms with van der Waals surface area (Å²) in [7, 11) is 1.69. The fourth-order valence-corrected chi connectivity index (χ4v) is 2.24. The molecule has 2 N–H and O–H groups in total. The largest absolute Gasteiger partial charge is 0.368 e. The second-order valence-corrected chi connectivity index (χ2v) is 5.25. The van der Waals surface area contributed by atoms with Gasteiger partial charge in [0.1, 0.15) is 5.69 Å². The number of hydrogen-bond acceptors (Lipinski definition) is 5. The van der Waals surface area contributed by atoms with Gasteiger partial charge in [0.05, 0.1) is 5.69 Å². The maximum absolute atomic E-state index is 12.5. The van der Waals surface area contributed by atoms with Crippen LogP contribution in [0.1, 0.15) is 16.2 Å². The van der Waals surface area contributed by atoms with Crippen molar-refractivity contribution < 1.29 is 4.79 Å². The molecular weight excluding hydrogens is 304 g/mol. The summed E-state index contributed by atoms with van der Waals surface area (Å²) in [4.78, 5) is 16.6. The summed E-state index contributed by atoms with van der Waals surface area (Å²) in [6, 6.07) is 8.64. The first-order chi connectivity index (χ1) is 10.5. The van der Waals surface area contributed by atoms with Gasteiger partial charge in [-0.1, -0.05) is 11.6 Å². The maximum Gasteiger partial charge on any atom is 0.299 e. The van der Waals surface area contributed by atoms with Crippen LogP contribution in [0, 0.1) is 6.92 Å². The van der Waals surface area contributed by atoms with Crippen LogP contribution >= 0.6 is 11.6 Å². The van der Waals surface area contributed by atoms with E-state index in [1.54, 1.807) is 44.3 Å². The fraction of sp³-hybridized carbons (Fsp3) is 0.143. The topological polar surface area (TPSA) is 91.6 Å². The Kier molecular flexibility index (Phi) is 3.42. The van der Waals surface area contributed by atoms with Crippen molar-refractivity contribution in [3.05, 3.63) is 46.7 Å². The van der Waals surface area contributed by atoms with Crippen LogP contribution in [0.4, 0.5) is 5.95 Å². The Balaban J connectivity index is 2.00. The SMILES string of the molecule is Cc1cc(C(=O)n2nc(-c3ccc(Cl)cc3)nc2N)n(C)n1. The van der Waals surface area contributed by atoms with Crippen molar-refractivity contribution in [2.45, 2.75) is 6.92 Å². The zero-order valence-electron chi connectivity index (χ0n) is 12.0. The molecule has 112 valence electrons. The number of carbonyl (C=O) groups is 1. The normalized spacial score (nSPS) is 10.9. The summed E-state index contributed by atoms with van der Waals surface area (Å²) in [5.74, 6) is 0.00326. The van der Waals surface area contributed by atoms with Gasteiger partial charge < -0.3 is 5.73 Å². The number of aryl methyl sites for hydroxylation is 2. The summed E-state index contributed by atoms with van der Waals surface area (Å²) in [5.41, 5.74) is 7.67. The van der Waals surface area contributed by atoms with Crippen molar-refractivity contribution in [3.8, 4) is 11.4 Å². The second-order valence-electron chi connectivity index (χ2n) is 4.81. The molecule has 1 aromatic carbocycles. The molecule has 0 amide bonds. The third-order valence-electron chi connectivity index (χ3n) is 3.15. The molecule has 7 nitrogen and oxygen atoms in total. The molecule has 8 heteroatoms. The molecule has 0 radical (unpaired) electrons.